The number of pyridine rings is 2. The van der Waals surface area contributed by atoms with E-state index < -0.39 is 55.0 Å². The SMILES string of the molecule is CC[C@@]1(OC(=O)NCCO[C@@H]2O[C@H](CO)[C@H](O)[C@H](O)[C@H]2O)C(=O)OCc2c1cc1n(c2=O)Cc2cc3ccccc3nc2-1. The van der Waals surface area contributed by atoms with Crippen LogP contribution in [-0.4, -0.2) is 92.5 Å². The van der Waals surface area contributed by atoms with E-state index in [1.54, 1.807) is 17.6 Å². The van der Waals surface area contributed by atoms with Crippen LogP contribution in [0, 0.1) is 0 Å². The Morgan fingerprint density at radius 1 is 1.16 bits per heavy atom. The third-order valence-electron chi connectivity index (χ3n) is 8.15. The molecule has 6 atom stereocenters. The van der Waals surface area contributed by atoms with Crippen molar-refractivity contribution in [1.82, 2.24) is 14.9 Å². The standard InChI is InChI=1S/C29H31N3O11/c1-2-29(43-28(39)30-7-8-40-26-24(36)23(35)22(34)20(12-33)42-26)17-10-19-21-15(9-14-5-3-4-6-18(14)31-21)11-32(19)25(37)16(17)13-41-27(29)38/h3-6,9-10,20,22-24,26,33-36H,2,7-8,11-13H2,1H3,(H,30,39)/t20-,22+,23+,24-,26-,29+/m1/s1. The zero-order valence-corrected chi connectivity index (χ0v) is 23.1. The number of nitrogens with one attached hydrogen (secondary N) is 1. The second-order valence-electron chi connectivity index (χ2n) is 10.6. The van der Waals surface area contributed by atoms with E-state index in [2.05, 4.69) is 5.32 Å². The molecule has 3 aliphatic rings. The molecule has 0 aliphatic carbocycles. The fourth-order valence-electron chi connectivity index (χ4n) is 5.81. The van der Waals surface area contributed by atoms with E-state index in [1.165, 1.54) is 0 Å². The molecule has 0 spiro atoms. The average molecular weight is 598 g/mol. The molecule has 6 rings (SSSR count). The van der Waals surface area contributed by atoms with Crippen molar-refractivity contribution < 1.29 is 49.0 Å². The quantitative estimate of drug-likeness (QED) is 0.137. The number of hydrogen-bond acceptors (Lipinski definition) is 12. The van der Waals surface area contributed by atoms with E-state index in [9.17, 15) is 34.8 Å². The molecule has 43 heavy (non-hydrogen) atoms. The molecule has 14 nitrogen and oxygen atoms in total. The number of alkyl carbamates (subject to hydrolysis) is 1. The molecule has 0 bridgehead atoms. The normalized spacial score (nSPS) is 27.7. The second kappa shape index (κ2) is 11.3. The third-order valence-corrected chi connectivity index (χ3v) is 8.15. The van der Waals surface area contributed by atoms with Gasteiger partial charge in [0.25, 0.3) is 5.56 Å². The van der Waals surface area contributed by atoms with E-state index >= 15 is 0 Å². The summed E-state index contributed by atoms with van der Waals surface area (Å²) in [6.07, 6.45) is -8.27. The second-order valence-corrected chi connectivity index (χ2v) is 10.6. The van der Waals surface area contributed by atoms with E-state index in [4.69, 9.17) is 23.9 Å². The van der Waals surface area contributed by atoms with Gasteiger partial charge in [-0.1, -0.05) is 25.1 Å². The molecule has 3 aliphatic heterocycles. The largest absolute Gasteiger partial charge is 0.457 e. The van der Waals surface area contributed by atoms with Crippen LogP contribution in [0.4, 0.5) is 4.79 Å². The molecule has 0 saturated carbocycles. The Labute approximate surface area is 244 Å². The van der Waals surface area contributed by atoms with Crippen molar-refractivity contribution >= 4 is 23.0 Å². The van der Waals surface area contributed by atoms with Gasteiger partial charge >= 0.3 is 12.1 Å². The number of cyclic esters (lactones) is 1. The maximum atomic E-state index is 13.6. The Hall–Kier alpha value is -3.92. The number of hydrogen-bond donors (Lipinski definition) is 5. The molecule has 2 aromatic heterocycles. The van der Waals surface area contributed by atoms with Crippen LogP contribution in [0.15, 0.2) is 41.2 Å². The highest BCUT2D eigenvalue weighted by Crippen LogP contribution is 2.41. The van der Waals surface area contributed by atoms with Gasteiger partial charge in [0, 0.05) is 23.1 Å². The lowest BCUT2D eigenvalue weighted by Gasteiger charge is -2.39. The molecule has 0 unspecified atom stereocenters. The minimum absolute atomic E-state index is 0.0193. The van der Waals surface area contributed by atoms with Crippen molar-refractivity contribution in [1.29, 1.82) is 0 Å². The lowest BCUT2D eigenvalue weighted by molar-refractivity contribution is -0.300. The summed E-state index contributed by atoms with van der Waals surface area (Å²) < 4.78 is 23.2. The number of aliphatic hydroxyl groups is 4. The summed E-state index contributed by atoms with van der Waals surface area (Å²) in [6.45, 7) is 0.680. The van der Waals surface area contributed by atoms with Crippen LogP contribution in [0.3, 0.4) is 0 Å². The number of aliphatic hydroxyl groups excluding tert-OH is 4. The van der Waals surface area contributed by atoms with Gasteiger partial charge in [-0.2, -0.15) is 0 Å². The Morgan fingerprint density at radius 3 is 2.72 bits per heavy atom. The molecule has 1 amide bonds. The first kappa shape index (κ1) is 29.2. The predicted molar refractivity (Wildman–Crippen MR) is 147 cm³/mol. The fourth-order valence-corrected chi connectivity index (χ4v) is 5.81. The van der Waals surface area contributed by atoms with Gasteiger partial charge < -0.3 is 49.3 Å². The number of carbonyl (C=O) groups excluding carboxylic acids is 2. The lowest BCUT2D eigenvalue weighted by Crippen LogP contribution is -2.59. The molecule has 1 fully saturated rings. The van der Waals surface area contributed by atoms with E-state index in [0.717, 1.165) is 16.5 Å². The van der Waals surface area contributed by atoms with Crippen LogP contribution < -0.4 is 10.9 Å². The smallest absolute Gasteiger partial charge is 0.408 e. The van der Waals surface area contributed by atoms with Gasteiger partial charge in [0.2, 0.25) is 5.60 Å². The minimum Gasteiger partial charge on any atom is -0.457 e. The molecule has 14 heteroatoms. The number of nitrogens with zero attached hydrogens (tertiary/aromatic N) is 2. The van der Waals surface area contributed by atoms with Gasteiger partial charge in [0.15, 0.2) is 6.29 Å². The van der Waals surface area contributed by atoms with Gasteiger partial charge in [0.1, 0.15) is 31.0 Å². The highest BCUT2D eigenvalue weighted by molar-refractivity contribution is 5.88. The van der Waals surface area contributed by atoms with Crippen LogP contribution in [0.1, 0.15) is 30.0 Å². The van der Waals surface area contributed by atoms with Gasteiger partial charge in [-0.3, -0.25) is 4.79 Å². The number of rotatable bonds is 7. The van der Waals surface area contributed by atoms with Crippen molar-refractivity contribution in [3.05, 3.63) is 63.4 Å². The molecular formula is C29H31N3O11. The monoisotopic (exact) mass is 597 g/mol. The van der Waals surface area contributed by atoms with E-state index in [1.807, 2.05) is 30.3 Å². The number of fused-ring (bicyclic) bond motifs is 5. The Bertz CT molecular complexity index is 1640. The van der Waals surface area contributed by atoms with E-state index in [0.29, 0.717) is 17.9 Å². The first-order chi connectivity index (χ1) is 20.7. The van der Waals surface area contributed by atoms with Crippen molar-refractivity contribution in [2.75, 3.05) is 19.8 Å². The number of amides is 1. The van der Waals surface area contributed by atoms with Crippen LogP contribution >= 0.6 is 0 Å². The molecule has 1 aromatic carbocycles. The number of carbonyl (C=O) groups is 2. The summed E-state index contributed by atoms with van der Waals surface area (Å²) in [4.78, 5) is 44.5. The van der Waals surface area contributed by atoms with Crippen molar-refractivity contribution in [2.24, 2.45) is 0 Å². The molecule has 0 radical (unpaired) electrons. The number of aromatic nitrogens is 2. The topological polar surface area (TPSA) is 199 Å². The van der Waals surface area contributed by atoms with Crippen molar-refractivity contribution in [2.45, 2.75) is 62.8 Å². The van der Waals surface area contributed by atoms with Crippen LogP contribution in [0.5, 0.6) is 0 Å². The predicted octanol–water partition coefficient (Wildman–Crippen LogP) is -0.370. The van der Waals surface area contributed by atoms with Gasteiger partial charge in [-0.25, -0.2) is 14.6 Å². The minimum atomic E-state index is -1.90. The highest BCUT2D eigenvalue weighted by Gasteiger charge is 2.50. The number of ether oxygens (including phenoxy) is 4. The van der Waals surface area contributed by atoms with Crippen LogP contribution in [-0.2, 0) is 42.5 Å². The summed E-state index contributed by atoms with van der Waals surface area (Å²) in [5.74, 6) is -0.816. The van der Waals surface area contributed by atoms with Crippen LogP contribution in [0.25, 0.3) is 22.3 Å². The summed E-state index contributed by atoms with van der Waals surface area (Å²) in [6, 6.07) is 11.2. The fraction of sp³-hybridized carbons (Fsp3) is 0.448. The lowest BCUT2D eigenvalue weighted by atomic mass is 9.85. The number of para-hydroxylation sites is 1. The molecule has 5 heterocycles. The Balaban J connectivity index is 1.21. The van der Waals surface area contributed by atoms with Crippen LogP contribution in [0.2, 0.25) is 0 Å². The molecular weight excluding hydrogens is 566 g/mol. The van der Waals surface area contributed by atoms with E-state index in [-0.39, 0.29) is 42.9 Å². The molecule has 228 valence electrons. The summed E-state index contributed by atoms with van der Waals surface area (Å²) in [5, 5.41) is 42.6. The highest BCUT2D eigenvalue weighted by atomic mass is 16.7. The average Bonchev–Trinajstić information content (AvgIpc) is 3.37. The first-order valence-corrected chi connectivity index (χ1v) is 13.9. The summed E-state index contributed by atoms with van der Waals surface area (Å²) in [5.41, 5.74) is 0.903. The van der Waals surface area contributed by atoms with Gasteiger partial charge in [-0.05, 0) is 24.6 Å². The van der Waals surface area contributed by atoms with Crippen molar-refractivity contribution in [3.63, 3.8) is 0 Å². The Kier molecular flexibility index (Phi) is 7.66. The summed E-state index contributed by atoms with van der Waals surface area (Å²) >= 11 is 0. The van der Waals surface area contributed by atoms with Gasteiger partial charge in [-0.15, -0.1) is 0 Å². The number of esters is 1. The first-order valence-electron chi connectivity index (χ1n) is 13.9. The maximum absolute atomic E-state index is 13.6. The maximum Gasteiger partial charge on any atom is 0.408 e. The zero-order chi connectivity index (χ0) is 30.5. The summed E-state index contributed by atoms with van der Waals surface area (Å²) in [7, 11) is 0. The van der Waals surface area contributed by atoms with Gasteiger partial charge in [0.05, 0.1) is 42.2 Å². The number of benzene rings is 1. The zero-order valence-electron chi connectivity index (χ0n) is 23.1. The molecule has 1 saturated heterocycles. The van der Waals surface area contributed by atoms with Crippen molar-refractivity contribution in [3.8, 4) is 11.4 Å². The third kappa shape index (κ3) is 4.85. The molecule has 3 aromatic rings. The molecule has 5 N–H and O–H groups in total. The Morgan fingerprint density at radius 2 is 1.95 bits per heavy atom.